The predicted molar refractivity (Wildman–Crippen MR) is 116 cm³/mol. The van der Waals surface area contributed by atoms with E-state index < -0.39 is 5.97 Å². The van der Waals surface area contributed by atoms with Crippen molar-refractivity contribution in [1.82, 2.24) is 10.3 Å². The van der Waals surface area contributed by atoms with Crippen molar-refractivity contribution in [3.05, 3.63) is 77.0 Å². The number of ether oxygens (including phenoxy) is 1. The topological polar surface area (TPSA) is 68.3 Å². The van der Waals surface area contributed by atoms with Gasteiger partial charge in [0.15, 0.2) is 6.61 Å². The molecule has 0 saturated heterocycles. The van der Waals surface area contributed by atoms with Gasteiger partial charge in [-0.3, -0.25) is 9.78 Å². The molecule has 2 aromatic carbocycles. The van der Waals surface area contributed by atoms with E-state index in [-0.39, 0.29) is 18.6 Å². The number of hydrogen-bond acceptors (Lipinski definition) is 4. The third-order valence-electron chi connectivity index (χ3n) is 5.57. The van der Waals surface area contributed by atoms with Gasteiger partial charge < -0.3 is 10.1 Å². The largest absolute Gasteiger partial charge is 0.452 e. The Morgan fingerprint density at radius 1 is 1.07 bits per heavy atom. The molecule has 154 valence electrons. The first-order valence-corrected chi connectivity index (χ1v) is 10.5. The van der Waals surface area contributed by atoms with Gasteiger partial charge in [0.05, 0.1) is 11.1 Å². The Morgan fingerprint density at radius 3 is 2.67 bits per heavy atom. The lowest BCUT2D eigenvalue weighted by molar-refractivity contribution is -0.124. The molecule has 1 amide bonds. The average Bonchev–Trinajstić information content (AvgIpc) is 3.23. The maximum atomic E-state index is 12.9. The number of fused-ring (bicyclic) bond motifs is 2. The van der Waals surface area contributed by atoms with Gasteiger partial charge in [-0.1, -0.05) is 48.5 Å². The summed E-state index contributed by atoms with van der Waals surface area (Å²) in [7, 11) is 0. The summed E-state index contributed by atoms with van der Waals surface area (Å²) in [4.78, 5) is 29.9. The van der Waals surface area contributed by atoms with E-state index in [1.807, 2.05) is 49.4 Å². The Kier molecular flexibility index (Phi) is 6.07. The smallest absolute Gasteiger partial charge is 0.339 e. The van der Waals surface area contributed by atoms with E-state index in [1.54, 1.807) is 0 Å². The number of aryl methyl sites for hydroxylation is 2. The minimum Gasteiger partial charge on any atom is -0.452 e. The molecule has 1 aromatic heterocycles. The van der Waals surface area contributed by atoms with Crippen LogP contribution in [-0.2, 0) is 28.8 Å². The number of amides is 1. The van der Waals surface area contributed by atoms with Crippen LogP contribution in [0.4, 0.5) is 0 Å². The van der Waals surface area contributed by atoms with Crippen LogP contribution in [0.25, 0.3) is 10.9 Å². The van der Waals surface area contributed by atoms with Gasteiger partial charge >= 0.3 is 5.97 Å². The van der Waals surface area contributed by atoms with Crippen molar-refractivity contribution in [1.29, 1.82) is 0 Å². The molecule has 0 fully saturated rings. The molecule has 0 saturated carbocycles. The Bertz CT molecular complexity index is 1060. The number of para-hydroxylation sites is 1. The van der Waals surface area contributed by atoms with Crippen LogP contribution in [0.15, 0.2) is 54.6 Å². The normalized spacial score (nSPS) is 13.6. The molecule has 3 aromatic rings. The predicted octanol–water partition coefficient (Wildman–Crippen LogP) is 4.02. The molecular weight excluding hydrogens is 376 g/mol. The molecule has 1 aliphatic carbocycles. The number of rotatable bonds is 7. The minimum absolute atomic E-state index is 0.00223. The number of hydrogen-bond donors (Lipinski definition) is 1. The summed E-state index contributed by atoms with van der Waals surface area (Å²) < 4.78 is 5.41. The highest BCUT2D eigenvalue weighted by molar-refractivity contribution is 6.05. The summed E-state index contributed by atoms with van der Waals surface area (Å²) >= 11 is 0. The van der Waals surface area contributed by atoms with Gasteiger partial charge in [0, 0.05) is 17.1 Å². The highest BCUT2D eigenvalue weighted by atomic mass is 16.5. The molecular formula is C25H26N2O3. The van der Waals surface area contributed by atoms with Crippen LogP contribution in [0.3, 0.4) is 0 Å². The van der Waals surface area contributed by atoms with Crippen LogP contribution in [0.5, 0.6) is 0 Å². The van der Waals surface area contributed by atoms with Gasteiger partial charge in [0.25, 0.3) is 5.91 Å². The lowest BCUT2D eigenvalue weighted by Crippen LogP contribution is -2.36. The van der Waals surface area contributed by atoms with Gasteiger partial charge in [-0.05, 0) is 56.2 Å². The quantitative estimate of drug-likeness (QED) is 0.606. The molecule has 30 heavy (non-hydrogen) atoms. The molecule has 1 aliphatic rings. The summed E-state index contributed by atoms with van der Waals surface area (Å²) in [6, 6.07) is 17.8. The second kappa shape index (κ2) is 9.08. The first-order chi connectivity index (χ1) is 14.6. The Balaban J connectivity index is 1.36. The number of esters is 1. The average molecular weight is 402 g/mol. The second-order valence-electron chi connectivity index (χ2n) is 7.85. The monoisotopic (exact) mass is 402 g/mol. The molecule has 1 atom stereocenters. The summed E-state index contributed by atoms with van der Waals surface area (Å²) in [5, 5.41) is 3.71. The molecule has 5 nitrogen and oxygen atoms in total. The molecule has 1 heterocycles. The highest BCUT2D eigenvalue weighted by Gasteiger charge is 2.25. The maximum Gasteiger partial charge on any atom is 0.339 e. The first-order valence-electron chi connectivity index (χ1n) is 10.5. The van der Waals surface area contributed by atoms with Crippen molar-refractivity contribution in [2.45, 2.75) is 45.1 Å². The number of carbonyl (C=O) groups is 2. The summed E-state index contributed by atoms with van der Waals surface area (Å²) in [6.45, 7) is 1.69. The molecule has 1 N–H and O–H groups in total. The van der Waals surface area contributed by atoms with Gasteiger partial charge in [-0.15, -0.1) is 0 Å². The summed E-state index contributed by atoms with van der Waals surface area (Å²) in [6.07, 6.45) is 4.39. The molecule has 0 spiro atoms. The third-order valence-corrected chi connectivity index (χ3v) is 5.57. The van der Waals surface area contributed by atoms with Crippen LogP contribution < -0.4 is 5.32 Å². The zero-order chi connectivity index (χ0) is 20.9. The highest BCUT2D eigenvalue weighted by Crippen LogP contribution is 2.30. The summed E-state index contributed by atoms with van der Waals surface area (Å²) in [5.41, 5.74) is 4.54. The fourth-order valence-electron chi connectivity index (χ4n) is 4.06. The van der Waals surface area contributed by atoms with E-state index in [1.165, 1.54) is 5.56 Å². The van der Waals surface area contributed by atoms with E-state index in [0.29, 0.717) is 5.56 Å². The molecule has 5 heteroatoms. The fourth-order valence-corrected chi connectivity index (χ4v) is 4.06. The van der Waals surface area contributed by atoms with E-state index >= 15 is 0 Å². The van der Waals surface area contributed by atoms with Crippen LogP contribution >= 0.6 is 0 Å². The van der Waals surface area contributed by atoms with E-state index in [0.717, 1.165) is 54.3 Å². The molecule has 0 radical (unpaired) electrons. The standard InChI is InChI=1S/C25H26N2O3/c1-17(14-15-18-8-3-2-4-9-18)26-23(28)16-30-25(29)24-19-10-5-6-12-21(19)27-22-13-7-11-20(22)24/h2-6,8-10,12,17H,7,11,13-16H2,1H3,(H,26,28)/t17-/m1/s1. The van der Waals surface area contributed by atoms with E-state index in [4.69, 9.17) is 9.72 Å². The van der Waals surface area contributed by atoms with Crippen LogP contribution in [0.1, 0.15) is 46.9 Å². The number of nitrogens with zero attached hydrogens (tertiary/aromatic N) is 1. The second-order valence-corrected chi connectivity index (χ2v) is 7.85. The zero-order valence-corrected chi connectivity index (χ0v) is 17.2. The number of benzene rings is 2. The van der Waals surface area contributed by atoms with Crippen LogP contribution in [0, 0.1) is 0 Å². The minimum atomic E-state index is -0.446. The van der Waals surface area contributed by atoms with E-state index in [9.17, 15) is 9.59 Å². The Morgan fingerprint density at radius 2 is 1.83 bits per heavy atom. The Labute approximate surface area is 176 Å². The lowest BCUT2D eigenvalue weighted by atomic mass is 10.0. The number of carbonyl (C=O) groups excluding carboxylic acids is 2. The Hall–Kier alpha value is -3.21. The summed E-state index contributed by atoms with van der Waals surface area (Å²) in [5.74, 6) is -0.724. The van der Waals surface area contributed by atoms with Gasteiger partial charge in [-0.2, -0.15) is 0 Å². The number of nitrogens with one attached hydrogen (secondary N) is 1. The van der Waals surface area contributed by atoms with Gasteiger partial charge in [-0.25, -0.2) is 4.79 Å². The maximum absolute atomic E-state index is 12.9. The molecule has 4 rings (SSSR count). The van der Waals surface area contributed by atoms with Crippen molar-refractivity contribution < 1.29 is 14.3 Å². The lowest BCUT2D eigenvalue weighted by Gasteiger charge is -2.15. The van der Waals surface area contributed by atoms with Gasteiger partial charge in [0.2, 0.25) is 0 Å². The molecule has 0 bridgehead atoms. The zero-order valence-electron chi connectivity index (χ0n) is 17.2. The number of pyridine rings is 1. The third kappa shape index (κ3) is 4.51. The molecule has 0 unspecified atom stereocenters. The van der Waals surface area contributed by atoms with Crippen molar-refractivity contribution in [3.8, 4) is 0 Å². The first kappa shape index (κ1) is 20.1. The van der Waals surface area contributed by atoms with Crippen molar-refractivity contribution in [2.75, 3.05) is 6.61 Å². The fraction of sp³-hybridized carbons (Fsp3) is 0.320. The van der Waals surface area contributed by atoms with E-state index in [2.05, 4.69) is 17.4 Å². The van der Waals surface area contributed by atoms with Crippen LogP contribution in [-0.4, -0.2) is 29.5 Å². The van der Waals surface area contributed by atoms with Gasteiger partial charge in [0.1, 0.15) is 0 Å². The number of aromatic nitrogens is 1. The van der Waals surface area contributed by atoms with Crippen molar-refractivity contribution in [3.63, 3.8) is 0 Å². The van der Waals surface area contributed by atoms with Crippen molar-refractivity contribution in [2.24, 2.45) is 0 Å². The molecule has 0 aliphatic heterocycles. The van der Waals surface area contributed by atoms with Crippen LogP contribution in [0.2, 0.25) is 0 Å². The van der Waals surface area contributed by atoms with Crippen molar-refractivity contribution >= 4 is 22.8 Å². The SMILES string of the molecule is C[C@H](CCc1ccccc1)NC(=O)COC(=O)c1c2c(nc3ccccc13)CCC2.